The number of aliphatic hydroxyl groups is 1. The Hall–Kier alpha value is -2.44. The van der Waals surface area contributed by atoms with E-state index in [2.05, 4.69) is 15.3 Å². The van der Waals surface area contributed by atoms with Gasteiger partial charge in [0.05, 0.1) is 0 Å². The van der Waals surface area contributed by atoms with E-state index in [1.165, 1.54) is 0 Å². The van der Waals surface area contributed by atoms with Crippen molar-refractivity contribution < 1.29 is 9.90 Å². The van der Waals surface area contributed by atoms with Crippen LogP contribution < -0.4 is 5.32 Å². The van der Waals surface area contributed by atoms with Crippen molar-refractivity contribution in [3.05, 3.63) is 65.3 Å². The number of carbonyl (C=O) groups is 1. The normalized spacial score (nSPS) is 12.2. The average molecular weight is 345 g/mol. The molecule has 0 bridgehead atoms. The highest BCUT2D eigenvalue weighted by molar-refractivity contribution is 6.32. The molecule has 0 fully saturated rings. The van der Waals surface area contributed by atoms with Crippen LogP contribution in [0.3, 0.4) is 0 Å². The molecule has 0 aliphatic carbocycles. The van der Waals surface area contributed by atoms with E-state index in [1.807, 2.05) is 24.3 Å². The predicted octanol–water partition coefficient (Wildman–Crippen LogP) is 1.96. The summed E-state index contributed by atoms with van der Waals surface area (Å²) in [4.78, 5) is 20.9. The van der Waals surface area contributed by atoms with Crippen molar-refractivity contribution in [1.82, 2.24) is 19.7 Å². The molecule has 0 spiro atoms. The highest BCUT2D eigenvalue weighted by atomic mass is 35.5. The quantitative estimate of drug-likeness (QED) is 0.716. The Labute approximate surface area is 144 Å². The molecule has 7 heteroatoms. The molecule has 3 aromatic heterocycles. The van der Waals surface area contributed by atoms with Crippen molar-refractivity contribution in [1.29, 1.82) is 0 Å². The summed E-state index contributed by atoms with van der Waals surface area (Å²) in [6.45, 7) is 0.278. The fourth-order valence-electron chi connectivity index (χ4n) is 2.51. The molecule has 0 aliphatic heterocycles. The second-order valence-electron chi connectivity index (χ2n) is 5.46. The summed E-state index contributed by atoms with van der Waals surface area (Å²) in [7, 11) is 0. The number of carbonyl (C=O) groups excluding carboxylic acids is 1. The monoisotopic (exact) mass is 344 g/mol. The highest BCUT2D eigenvalue weighted by Crippen LogP contribution is 2.17. The molecule has 124 valence electrons. The molecule has 1 unspecified atom stereocenters. The largest absolute Gasteiger partial charge is 0.396 e. The highest BCUT2D eigenvalue weighted by Gasteiger charge is 2.19. The maximum absolute atomic E-state index is 12.5. The van der Waals surface area contributed by atoms with Gasteiger partial charge in [-0.05, 0) is 30.7 Å². The van der Waals surface area contributed by atoms with Gasteiger partial charge in [0, 0.05) is 37.2 Å². The van der Waals surface area contributed by atoms with Crippen LogP contribution in [0.5, 0.6) is 0 Å². The lowest BCUT2D eigenvalue weighted by Crippen LogP contribution is -2.32. The van der Waals surface area contributed by atoms with Gasteiger partial charge in [-0.1, -0.05) is 23.7 Å². The molecule has 6 nitrogen and oxygen atoms in total. The third-order valence-electron chi connectivity index (χ3n) is 3.74. The van der Waals surface area contributed by atoms with Gasteiger partial charge in [-0.2, -0.15) is 0 Å². The van der Waals surface area contributed by atoms with E-state index in [0.717, 1.165) is 5.69 Å². The molecule has 24 heavy (non-hydrogen) atoms. The number of fused-ring (bicyclic) bond motifs is 1. The number of aromatic nitrogens is 3. The zero-order valence-electron chi connectivity index (χ0n) is 12.9. The number of pyridine rings is 2. The van der Waals surface area contributed by atoms with Gasteiger partial charge < -0.3 is 10.4 Å². The topological polar surface area (TPSA) is 79.5 Å². The summed E-state index contributed by atoms with van der Waals surface area (Å²) in [6.07, 6.45) is 4.03. The molecule has 3 rings (SSSR count). The molecule has 3 aromatic rings. The molecular weight excluding hydrogens is 328 g/mol. The van der Waals surface area contributed by atoms with Crippen molar-refractivity contribution in [3.63, 3.8) is 0 Å². The summed E-state index contributed by atoms with van der Waals surface area (Å²) < 4.78 is 1.64. The van der Waals surface area contributed by atoms with Crippen LogP contribution in [0.4, 0.5) is 0 Å². The third kappa shape index (κ3) is 3.55. The molecule has 0 saturated carbocycles. The first-order chi connectivity index (χ1) is 11.7. The zero-order chi connectivity index (χ0) is 16.9. The fraction of sp³-hybridized carbons (Fsp3) is 0.235. The van der Waals surface area contributed by atoms with E-state index in [0.29, 0.717) is 24.3 Å². The molecule has 2 N–H and O–H groups in total. The van der Waals surface area contributed by atoms with Gasteiger partial charge in [0.25, 0.3) is 5.91 Å². The first-order valence-electron chi connectivity index (χ1n) is 7.60. The summed E-state index contributed by atoms with van der Waals surface area (Å²) in [5.41, 5.74) is 1.78. The van der Waals surface area contributed by atoms with Crippen LogP contribution in [0.25, 0.3) is 5.65 Å². The van der Waals surface area contributed by atoms with Gasteiger partial charge in [0.2, 0.25) is 0 Å². The Kier molecular flexibility index (Phi) is 5.08. The van der Waals surface area contributed by atoms with E-state index in [9.17, 15) is 9.90 Å². The first kappa shape index (κ1) is 16.4. The van der Waals surface area contributed by atoms with E-state index in [-0.39, 0.29) is 23.6 Å². The fourth-order valence-corrected chi connectivity index (χ4v) is 2.77. The number of imidazole rings is 1. The number of hydrogen-bond donors (Lipinski definition) is 2. The summed E-state index contributed by atoms with van der Waals surface area (Å²) in [5, 5.41) is 12.5. The van der Waals surface area contributed by atoms with Crippen LogP contribution in [0.2, 0.25) is 5.15 Å². The second-order valence-corrected chi connectivity index (χ2v) is 5.82. The van der Waals surface area contributed by atoms with Gasteiger partial charge >= 0.3 is 0 Å². The van der Waals surface area contributed by atoms with Crippen LogP contribution >= 0.6 is 11.6 Å². The molecule has 0 radical (unpaired) electrons. The molecule has 0 aromatic carbocycles. The molecular formula is C17H17ClN4O2. The number of rotatable bonds is 6. The molecule has 0 saturated heterocycles. The van der Waals surface area contributed by atoms with Crippen LogP contribution in [0.1, 0.15) is 16.2 Å². The number of nitrogens with zero attached hydrogens (tertiary/aromatic N) is 3. The average Bonchev–Trinajstić information content (AvgIpc) is 2.95. The minimum absolute atomic E-state index is 0.0439. The Bertz CT molecular complexity index is 835. The van der Waals surface area contributed by atoms with Crippen molar-refractivity contribution in [2.75, 3.05) is 13.2 Å². The van der Waals surface area contributed by atoms with E-state index < -0.39 is 0 Å². The summed E-state index contributed by atoms with van der Waals surface area (Å²) >= 11 is 6.09. The van der Waals surface area contributed by atoms with Gasteiger partial charge in [-0.3, -0.25) is 14.2 Å². The maximum Gasteiger partial charge on any atom is 0.271 e. The SMILES string of the molecule is O=C(NCC(CO)Cc1ccccn1)c1c(Cl)nc2ccccn12. The minimum Gasteiger partial charge on any atom is -0.396 e. The molecule has 1 amide bonds. The van der Waals surface area contributed by atoms with Crippen LogP contribution in [0, 0.1) is 5.92 Å². The van der Waals surface area contributed by atoms with Crippen molar-refractivity contribution >= 4 is 23.2 Å². The van der Waals surface area contributed by atoms with Crippen molar-refractivity contribution in [2.24, 2.45) is 5.92 Å². The number of hydrogen-bond acceptors (Lipinski definition) is 4. The molecule has 0 aliphatic rings. The van der Waals surface area contributed by atoms with E-state index in [1.54, 1.807) is 28.9 Å². The second kappa shape index (κ2) is 7.42. The van der Waals surface area contributed by atoms with Crippen molar-refractivity contribution in [3.8, 4) is 0 Å². The standard InChI is InChI=1S/C17H17ClN4O2/c18-16-15(22-8-4-2-6-14(22)21-16)17(24)20-10-12(11-23)9-13-5-1-3-7-19-13/h1-8,12,23H,9-11H2,(H,20,24). The Morgan fingerprint density at radius 3 is 2.88 bits per heavy atom. The van der Waals surface area contributed by atoms with Gasteiger partial charge in [0.15, 0.2) is 10.8 Å². The predicted molar refractivity (Wildman–Crippen MR) is 91.1 cm³/mol. The zero-order valence-corrected chi connectivity index (χ0v) is 13.6. The van der Waals surface area contributed by atoms with Crippen LogP contribution in [-0.2, 0) is 6.42 Å². The van der Waals surface area contributed by atoms with Gasteiger partial charge in [0.1, 0.15) is 5.65 Å². The van der Waals surface area contributed by atoms with E-state index >= 15 is 0 Å². The number of halogens is 1. The minimum atomic E-state index is -0.321. The number of aliphatic hydroxyl groups excluding tert-OH is 1. The van der Waals surface area contributed by atoms with Gasteiger partial charge in [-0.15, -0.1) is 0 Å². The Morgan fingerprint density at radius 2 is 2.12 bits per heavy atom. The smallest absolute Gasteiger partial charge is 0.271 e. The van der Waals surface area contributed by atoms with E-state index in [4.69, 9.17) is 11.6 Å². The lowest BCUT2D eigenvalue weighted by atomic mass is 10.0. The molecule has 3 heterocycles. The Balaban J connectivity index is 1.68. The summed E-state index contributed by atoms with van der Waals surface area (Å²) in [5.74, 6) is -0.444. The van der Waals surface area contributed by atoms with Gasteiger partial charge in [-0.25, -0.2) is 4.98 Å². The Morgan fingerprint density at radius 1 is 1.29 bits per heavy atom. The van der Waals surface area contributed by atoms with Crippen LogP contribution in [0.15, 0.2) is 48.8 Å². The molecule has 1 atom stereocenters. The first-order valence-corrected chi connectivity index (χ1v) is 7.98. The lowest BCUT2D eigenvalue weighted by molar-refractivity contribution is 0.0934. The summed E-state index contributed by atoms with van der Waals surface area (Å²) in [6, 6.07) is 11.0. The third-order valence-corrected chi connectivity index (χ3v) is 4.00. The lowest BCUT2D eigenvalue weighted by Gasteiger charge is -2.14. The number of nitrogens with one attached hydrogen (secondary N) is 1. The maximum atomic E-state index is 12.5. The van der Waals surface area contributed by atoms with Crippen LogP contribution in [-0.4, -0.2) is 38.5 Å². The van der Waals surface area contributed by atoms with Crippen molar-refractivity contribution in [2.45, 2.75) is 6.42 Å². The number of amides is 1.